The van der Waals surface area contributed by atoms with Crippen LogP contribution in [0.25, 0.3) is 23.0 Å². The van der Waals surface area contributed by atoms with Crippen LogP contribution >= 0.6 is 11.8 Å². The van der Waals surface area contributed by atoms with E-state index in [0.29, 0.717) is 11.5 Å². The molecule has 2 unspecified atom stereocenters. The average Bonchev–Trinajstić information content (AvgIpc) is 3.46. The van der Waals surface area contributed by atoms with E-state index in [1.165, 1.54) is 11.8 Å². The van der Waals surface area contributed by atoms with Gasteiger partial charge in [-0.25, -0.2) is 4.68 Å². The molecule has 1 saturated heterocycles. The van der Waals surface area contributed by atoms with E-state index in [1.807, 2.05) is 79.3 Å². The number of aryl methyl sites for hydroxylation is 1. The van der Waals surface area contributed by atoms with Gasteiger partial charge >= 0.3 is 0 Å². The molecule has 2 aromatic carbocycles. The van der Waals surface area contributed by atoms with E-state index in [0.717, 1.165) is 58.5 Å². The molecule has 0 saturated carbocycles. The normalized spacial score (nSPS) is 21.0. The molecule has 0 N–H and O–H groups in total. The van der Waals surface area contributed by atoms with Crippen molar-refractivity contribution in [2.75, 3.05) is 19.7 Å². The van der Waals surface area contributed by atoms with E-state index < -0.39 is 0 Å². The van der Waals surface area contributed by atoms with Gasteiger partial charge in [0.25, 0.3) is 5.91 Å². The summed E-state index contributed by atoms with van der Waals surface area (Å²) in [6.07, 6.45) is 5.04. The Balaban J connectivity index is 1.49. The van der Waals surface area contributed by atoms with Crippen LogP contribution in [0.3, 0.4) is 0 Å². The summed E-state index contributed by atoms with van der Waals surface area (Å²) in [5, 5.41) is 5.69. The molecular weight excluding hydrogens is 484 g/mol. The van der Waals surface area contributed by atoms with Gasteiger partial charge in [-0.05, 0) is 80.9 Å². The average molecular weight is 517 g/mol. The molecule has 3 heterocycles. The van der Waals surface area contributed by atoms with Gasteiger partial charge in [-0.3, -0.25) is 4.79 Å². The standard InChI is InChI=1S/C29H32N4O3S/c1-5-13-35-24-11-12-25(19(2)14-24)27-22(18-33(31-27)23-9-7-6-8-10-23)15-26-28(34)30-29(37-26)32-16-20(3)36-21(4)17-32/h6-12,14-15,18,20-21H,5,13,16-17H2,1-4H3/b26-15-. The van der Waals surface area contributed by atoms with E-state index in [1.54, 1.807) is 0 Å². The lowest BCUT2D eigenvalue weighted by Gasteiger charge is -2.35. The van der Waals surface area contributed by atoms with Gasteiger partial charge < -0.3 is 14.4 Å². The van der Waals surface area contributed by atoms with Gasteiger partial charge in [-0.15, -0.1) is 0 Å². The molecule has 2 atom stereocenters. The van der Waals surface area contributed by atoms with Crippen molar-refractivity contribution in [2.24, 2.45) is 4.99 Å². The molecule has 37 heavy (non-hydrogen) atoms. The minimum atomic E-state index is -0.217. The maximum Gasteiger partial charge on any atom is 0.286 e. The highest BCUT2D eigenvalue weighted by molar-refractivity contribution is 8.18. The van der Waals surface area contributed by atoms with Gasteiger partial charge in [0, 0.05) is 30.4 Å². The van der Waals surface area contributed by atoms with Gasteiger partial charge in [0.05, 0.1) is 29.4 Å². The van der Waals surface area contributed by atoms with Gasteiger partial charge in [-0.1, -0.05) is 25.1 Å². The number of nitrogens with zero attached hydrogens (tertiary/aromatic N) is 4. The zero-order chi connectivity index (χ0) is 25.9. The number of aromatic nitrogens is 2. The molecule has 0 aliphatic carbocycles. The summed E-state index contributed by atoms with van der Waals surface area (Å²) in [5.74, 6) is 0.629. The van der Waals surface area contributed by atoms with Crippen molar-refractivity contribution in [3.05, 3.63) is 70.8 Å². The van der Waals surface area contributed by atoms with Gasteiger partial charge in [0.2, 0.25) is 0 Å². The lowest BCUT2D eigenvalue weighted by molar-refractivity contribution is -0.113. The largest absolute Gasteiger partial charge is 0.494 e. The molecule has 2 aliphatic heterocycles. The topological polar surface area (TPSA) is 68.9 Å². The number of thioether (sulfide) groups is 1. The molecule has 2 aliphatic rings. The highest BCUT2D eigenvalue weighted by Gasteiger charge is 2.31. The molecule has 1 fully saturated rings. The molecule has 0 spiro atoms. The summed E-state index contributed by atoms with van der Waals surface area (Å²) in [6, 6.07) is 16.0. The Bertz CT molecular complexity index is 1340. The molecule has 0 bridgehead atoms. The number of para-hydroxylation sites is 1. The third-order valence-corrected chi connectivity index (χ3v) is 7.32. The van der Waals surface area contributed by atoms with Crippen LogP contribution in [0.2, 0.25) is 0 Å². The number of amides is 1. The Morgan fingerprint density at radius 1 is 1.14 bits per heavy atom. The Hall–Kier alpha value is -3.36. The van der Waals surface area contributed by atoms with Crippen molar-refractivity contribution >= 4 is 28.9 Å². The quantitative estimate of drug-likeness (QED) is 0.391. The van der Waals surface area contributed by atoms with Crippen molar-refractivity contribution in [3.63, 3.8) is 0 Å². The summed E-state index contributed by atoms with van der Waals surface area (Å²) >= 11 is 1.42. The number of carbonyl (C=O) groups excluding carboxylic acids is 1. The van der Waals surface area contributed by atoms with Crippen LogP contribution < -0.4 is 4.74 Å². The SMILES string of the molecule is CCCOc1ccc(-c2nn(-c3ccccc3)cc2/C=C2\SC(N3CC(C)OC(C)C3)=NC2=O)c(C)c1. The molecule has 8 heteroatoms. The summed E-state index contributed by atoms with van der Waals surface area (Å²) < 4.78 is 13.5. The van der Waals surface area contributed by atoms with Gasteiger partial charge in [-0.2, -0.15) is 10.1 Å². The van der Waals surface area contributed by atoms with Gasteiger partial charge in [0.15, 0.2) is 5.17 Å². The van der Waals surface area contributed by atoms with E-state index in [9.17, 15) is 4.79 Å². The Morgan fingerprint density at radius 3 is 2.59 bits per heavy atom. The predicted octanol–water partition coefficient (Wildman–Crippen LogP) is 5.72. The molecule has 7 nitrogen and oxygen atoms in total. The lowest BCUT2D eigenvalue weighted by Crippen LogP contribution is -2.47. The fourth-order valence-electron chi connectivity index (χ4n) is 4.64. The fraction of sp³-hybridized carbons (Fsp3) is 0.345. The predicted molar refractivity (Wildman–Crippen MR) is 149 cm³/mol. The molecule has 192 valence electrons. The van der Waals surface area contributed by atoms with Crippen LogP contribution in [0.1, 0.15) is 38.3 Å². The highest BCUT2D eigenvalue weighted by Crippen LogP contribution is 2.35. The second-order valence-corrected chi connectivity index (χ2v) is 10.5. The maximum absolute atomic E-state index is 13.0. The fourth-order valence-corrected chi connectivity index (χ4v) is 5.56. The Labute approximate surface area is 222 Å². The Kier molecular flexibility index (Phi) is 7.48. The smallest absolute Gasteiger partial charge is 0.286 e. The Morgan fingerprint density at radius 2 is 1.89 bits per heavy atom. The van der Waals surface area contributed by atoms with Crippen molar-refractivity contribution in [1.82, 2.24) is 14.7 Å². The molecule has 3 aromatic rings. The van der Waals surface area contributed by atoms with E-state index in [4.69, 9.17) is 14.6 Å². The molecular formula is C29H32N4O3S. The number of ether oxygens (including phenoxy) is 2. The minimum absolute atomic E-state index is 0.0955. The number of aliphatic imine (C=N–C) groups is 1. The number of carbonyl (C=O) groups is 1. The first-order valence-corrected chi connectivity index (χ1v) is 13.5. The third-order valence-electron chi connectivity index (χ3n) is 6.28. The van der Waals surface area contributed by atoms with Gasteiger partial charge in [0.1, 0.15) is 11.4 Å². The van der Waals surface area contributed by atoms with Crippen LogP contribution in [0.15, 0.2) is 64.6 Å². The first-order chi connectivity index (χ1) is 17.9. The maximum atomic E-state index is 13.0. The van der Waals surface area contributed by atoms with Crippen LogP contribution in [-0.2, 0) is 9.53 Å². The zero-order valence-electron chi connectivity index (χ0n) is 21.7. The minimum Gasteiger partial charge on any atom is -0.494 e. The van der Waals surface area contributed by atoms with Crippen molar-refractivity contribution in [1.29, 1.82) is 0 Å². The summed E-state index contributed by atoms with van der Waals surface area (Å²) in [6.45, 7) is 10.4. The third kappa shape index (κ3) is 5.65. The number of rotatable bonds is 6. The first kappa shape index (κ1) is 25.3. The number of hydrogen-bond acceptors (Lipinski definition) is 6. The second kappa shape index (κ2) is 10.9. The molecule has 1 aromatic heterocycles. The molecule has 0 radical (unpaired) electrons. The lowest BCUT2D eigenvalue weighted by atomic mass is 10.0. The summed E-state index contributed by atoms with van der Waals surface area (Å²) in [7, 11) is 0. The summed E-state index contributed by atoms with van der Waals surface area (Å²) in [4.78, 5) is 20.1. The van der Waals surface area contributed by atoms with Crippen molar-refractivity contribution in [3.8, 4) is 22.7 Å². The highest BCUT2D eigenvalue weighted by atomic mass is 32.2. The number of amidine groups is 1. The number of hydrogen-bond donors (Lipinski definition) is 0. The van der Waals surface area contributed by atoms with E-state index >= 15 is 0 Å². The van der Waals surface area contributed by atoms with E-state index in [2.05, 4.69) is 23.7 Å². The van der Waals surface area contributed by atoms with Crippen LogP contribution in [0.5, 0.6) is 5.75 Å². The molecule has 5 rings (SSSR count). The molecule has 1 amide bonds. The monoisotopic (exact) mass is 516 g/mol. The first-order valence-electron chi connectivity index (χ1n) is 12.7. The summed E-state index contributed by atoms with van der Waals surface area (Å²) in [5.41, 5.74) is 4.69. The van der Waals surface area contributed by atoms with Crippen LogP contribution in [-0.4, -0.2) is 57.7 Å². The van der Waals surface area contributed by atoms with E-state index in [-0.39, 0.29) is 18.1 Å². The van der Waals surface area contributed by atoms with Crippen LogP contribution in [0.4, 0.5) is 0 Å². The number of benzene rings is 2. The van der Waals surface area contributed by atoms with Crippen LogP contribution in [0, 0.1) is 6.92 Å². The number of morpholine rings is 1. The zero-order valence-corrected chi connectivity index (χ0v) is 22.5. The second-order valence-electron chi connectivity index (χ2n) is 9.51. The van der Waals surface area contributed by atoms with Crippen molar-refractivity contribution in [2.45, 2.75) is 46.3 Å². The van der Waals surface area contributed by atoms with Crippen molar-refractivity contribution < 1.29 is 14.3 Å².